The Hall–Kier alpha value is -3.82. The van der Waals surface area contributed by atoms with Crippen LogP contribution in [0.4, 0.5) is 23.2 Å². The van der Waals surface area contributed by atoms with Gasteiger partial charge in [-0.05, 0) is 83.6 Å². The van der Waals surface area contributed by atoms with Crippen molar-refractivity contribution in [2.75, 3.05) is 51.7 Å². The lowest BCUT2D eigenvalue weighted by Gasteiger charge is -2.38. The minimum absolute atomic E-state index is 0.0646. The highest BCUT2D eigenvalue weighted by molar-refractivity contribution is 5.72. The smallest absolute Gasteiger partial charge is 0.416 e. The van der Waals surface area contributed by atoms with Crippen molar-refractivity contribution in [2.45, 2.75) is 51.2 Å². The molecule has 2 aliphatic rings. The molecule has 3 aromatic rings. The predicted molar refractivity (Wildman–Crippen MR) is 154 cm³/mol. The third-order valence-electron chi connectivity index (χ3n) is 7.95. The van der Waals surface area contributed by atoms with E-state index >= 15 is 4.39 Å². The second kappa shape index (κ2) is 12.4. The molecular formula is C31H35F4N7O. The summed E-state index contributed by atoms with van der Waals surface area (Å²) in [7, 11) is 4.12. The molecule has 0 atom stereocenters. The van der Waals surface area contributed by atoms with Gasteiger partial charge >= 0.3 is 6.11 Å². The lowest BCUT2D eigenvalue weighted by molar-refractivity contribution is -0.174. The zero-order valence-electron chi connectivity index (χ0n) is 24.7. The Balaban J connectivity index is 1.36. The fourth-order valence-corrected chi connectivity index (χ4v) is 5.65. The van der Waals surface area contributed by atoms with Crippen molar-refractivity contribution in [1.82, 2.24) is 24.8 Å². The second-order valence-electron chi connectivity index (χ2n) is 11.7. The van der Waals surface area contributed by atoms with E-state index < -0.39 is 36.1 Å². The Morgan fingerprint density at radius 3 is 2.53 bits per heavy atom. The van der Waals surface area contributed by atoms with Gasteiger partial charge in [-0.1, -0.05) is 6.07 Å². The number of hydrogen-bond donors (Lipinski definition) is 0. The van der Waals surface area contributed by atoms with Gasteiger partial charge in [-0.2, -0.15) is 14.0 Å². The number of rotatable bonds is 8. The highest BCUT2D eigenvalue weighted by Gasteiger charge is 2.43. The third-order valence-corrected chi connectivity index (χ3v) is 7.95. The number of hydrogen-bond acceptors (Lipinski definition) is 8. The molecule has 0 radical (unpaired) electrons. The van der Waals surface area contributed by atoms with Crippen molar-refractivity contribution < 1.29 is 22.3 Å². The number of halogens is 4. The van der Waals surface area contributed by atoms with E-state index in [1.165, 1.54) is 11.0 Å². The summed E-state index contributed by atoms with van der Waals surface area (Å²) in [5, 5.41) is 9.88. The van der Waals surface area contributed by atoms with Crippen LogP contribution in [0, 0.1) is 23.0 Å². The molecule has 0 N–H and O–H groups in total. The standard InChI is InChI=1S/C31H35F4N7O/c1-19(2)42-18-31(34,35)43-30-24(32)13-21(14-27(30)42)29-25(33)17-37-28(39-29)15-22-5-6-23(26(16-36)38-22)20-7-9-41(10-8-20)12-11-40(3)4/h5-6,13-14,17,19-20H,7-12,15,18H2,1-4H3. The molecule has 8 nitrogen and oxygen atoms in total. The number of likely N-dealkylation sites (tertiary alicyclic amines) is 1. The van der Waals surface area contributed by atoms with Gasteiger partial charge in [0.25, 0.3) is 0 Å². The summed E-state index contributed by atoms with van der Waals surface area (Å²) in [5.41, 5.74) is 1.80. The van der Waals surface area contributed by atoms with Crippen LogP contribution in [0.3, 0.4) is 0 Å². The van der Waals surface area contributed by atoms with Gasteiger partial charge in [-0.15, -0.1) is 0 Å². The summed E-state index contributed by atoms with van der Waals surface area (Å²) in [5.74, 6) is -1.96. The summed E-state index contributed by atoms with van der Waals surface area (Å²) in [6, 6.07) is 7.92. The third kappa shape index (κ3) is 6.89. The SMILES string of the molecule is CC(C)N1CC(F)(F)Oc2c(F)cc(-c3nc(Cc4ccc(C5CCN(CCN(C)C)CC5)c(C#N)n4)ncc3F)cc21. The predicted octanol–water partition coefficient (Wildman–Crippen LogP) is 5.22. The van der Waals surface area contributed by atoms with Gasteiger partial charge in [0.2, 0.25) is 0 Å². The van der Waals surface area contributed by atoms with E-state index in [1.54, 1.807) is 13.8 Å². The topological polar surface area (TPSA) is 81.4 Å². The zero-order chi connectivity index (χ0) is 30.9. The van der Waals surface area contributed by atoms with Gasteiger partial charge in [0, 0.05) is 30.4 Å². The molecule has 228 valence electrons. The number of benzene rings is 1. The van der Waals surface area contributed by atoms with E-state index in [1.807, 2.05) is 12.1 Å². The Bertz CT molecular complexity index is 1520. The Kier molecular flexibility index (Phi) is 8.85. The Morgan fingerprint density at radius 2 is 1.86 bits per heavy atom. The summed E-state index contributed by atoms with van der Waals surface area (Å²) in [6.45, 7) is 6.57. The molecule has 0 unspecified atom stereocenters. The number of nitrogens with zero attached hydrogens (tertiary/aromatic N) is 7. The molecule has 2 aliphatic heterocycles. The number of likely N-dealkylation sites (N-methyl/N-ethyl adjacent to an activating group) is 1. The van der Waals surface area contributed by atoms with Gasteiger partial charge in [0.1, 0.15) is 29.8 Å². The van der Waals surface area contributed by atoms with Crippen LogP contribution >= 0.6 is 0 Å². The summed E-state index contributed by atoms with van der Waals surface area (Å²) in [6.07, 6.45) is -0.569. The Labute approximate surface area is 248 Å². The molecule has 12 heteroatoms. The summed E-state index contributed by atoms with van der Waals surface area (Å²) < 4.78 is 62.9. The van der Waals surface area contributed by atoms with Crippen molar-refractivity contribution in [2.24, 2.45) is 0 Å². The maximum absolute atomic E-state index is 15.0. The lowest BCUT2D eigenvalue weighted by Crippen LogP contribution is -2.48. The number of nitriles is 1. The van der Waals surface area contributed by atoms with Gasteiger partial charge in [0.15, 0.2) is 17.4 Å². The normalized spacial score (nSPS) is 17.2. The fraction of sp³-hybridized carbons (Fsp3) is 0.484. The molecule has 0 aliphatic carbocycles. The van der Waals surface area contributed by atoms with E-state index in [0.717, 1.165) is 56.8 Å². The van der Waals surface area contributed by atoms with E-state index in [2.05, 4.69) is 49.7 Å². The quantitative estimate of drug-likeness (QED) is 0.327. The van der Waals surface area contributed by atoms with Crippen LogP contribution in [-0.4, -0.2) is 83.7 Å². The molecule has 1 fully saturated rings. The first-order chi connectivity index (χ1) is 20.4. The van der Waals surface area contributed by atoms with Crippen molar-refractivity contribution in [3.8, 4) is 23.1 Å². The van der Waals surface area contributed by atoms with Gasteiger partial charge < -0.3 is 19.4 Å². The number of ether oxygens (including phenoxy) is 1. The van der Waals surface area contributed by atoms with Crippen molar-refractivity contribution >= 4 is 5.69 Å². The molecule has 4 heterocycles. The highest BCUT2D eigenvalue weighted by atomic mass is 19.3. The number of pyridine rings is 1. The number of aromatic nitrogens is 3. The van der Waals surface area contributed by atoms with Gasteiger partial charge in [-0.25, -0.2) is 23.7 Å². The molecule has 0 bridgehead atoms. The van der Waals surface area contributed by atoms with Crippen LogP contribution in [0.5, 0.6) is 5.75 Å². The number of fused-ring (bicyclic) bond motifs is 1. The molecule has 2 aromatic heterocycles. The average molecular weight is 598 g/mol. The second-order valence-corrected chi connectivity index (χ2v) is 11.7. The molecule has 43 heavy (non-hydrogen) atoms. The van der Waals surface area contributed by atoms with E-state index in [-0.39, 0.29) is 35.1 Å². The summed E-state index contributed by atoms with van der Waals surface area (Å²) in [4.78, 5) is 18.9. The molecule has 0 amide bonds. The van der Waals surface area contributed by atoms with Crippen molar-refractivity contribution in [1.29, 1.82) is 5.26 Å². The fourth-order valence-electron chi connectivity index (χ4n) is 5.65. The minimum Gasteiger partial charge on any atom is -0.426 e. The van der Waals surface area contributed by atoms with E-state index in [9.17, 15) is 18.4 Å². The minimum atomic E-state index is -3.57. The first kappa shape index (κ1) is 30.6. The van der Waals surface area contributed by atoms with Crippen LogP contribution < -0.4 is 9.64 Å². The van der Waals surface area contributed by atoms with Crippen molar-refractivity contribution in [3.63, 3.8) is 0 Å². The Morgan fingerprint density at radius 1 is 1.12 bits per heavy atom. The lowest BCUT2D eigenvalue weighted by atomic mass is 9.88. The first-order valence-electron chi connectivity index (χ1n) is 14.4. The zero-order valence-corrected chi connectivity index (χ0v) is 24.7. The number of piperidine rings is 1. The molecule has 1 aromatic carbocycles. The molecular weight excluding hydrogens is 562 g/mol. The van der Waals surface area contributed by atoms with Gasteiger partial charge in [0.05, 0.1) is 18.3 Å². The van der Waals surface area contributed by atoms with Crippen LogP contribution in [0.2, 0.25) is 0 Å². The largest absolute Gasteiger partial charge is 0.426 e. The molecule has 1 saturated heterocycles. The number of alkyl halides is 2. The monoisotopic (exact) mass is 597 g/mol. The van der Waals surface area contributed by atoms with Gasteiger partial charge in [-0.3, -0.25) is 0 Å². The van der Waals surface area contributed by atoms with E-state index in [0.29, 0.717) is 11.4 Å². The highest BCUT2D eigenvalue weighted by Crippen LogP contribution is 2.43. The van der Waals surface area contributed by atoms with Crippen LogP contribution in [-0.2, 0) is 6.42 Å². The molecule has 0 saturated carbocycles. The summed E-state index contributed by atoms with van der Waals surface area (Å²) >= 11 is 0. The number of anilines is 1. The first-order valence-corrected chi connectivity index (χ1v) is 14.4. The van der Waals surface area contributed by atoms with Crippen molar-refractivity contribution in [3.05, 3.63) is 64.9 Å². The van der Waals surface area contributed by atoms with Crippen LogP contribution in [0.15, 0.2) is 30.5 Å². The van der Waals surface area contributed by atoms with E-state index in [4.69, 9.17) is 0 Å². The van der Waals surface area contributed by atoms with Crippen LogP contribution in [0.25, 0.3) is 11.3 Å². The maximum atomic E-state index is 15.0. The molecule has 5 rings (SSSR count). The molecule has 0 spiro atoms. The maximum Gasteiger partial charge on any atom is 0.416 e. The average Bonchev–Trinajstić information content (AvgIpc) is 2.97. The van der Waals surface area contributed by atoms with Crippen LogP contribution in [0.1, 0.15) is 55.4 Å².